The summed E-state index contributed by atoms with van der Waals surface area (Å²) in [5.74, 6) is -2.70. The van der Waals surface area contributed by atoms with Gasteiger partial charge in [-0.3, -0.25) is 9.59 Å². The van der Waals surface area contributed by atoms with Gasteiger partial charge in [-0.05, 0) is 24.1 Å². The zero-order chi connectivity index (χ0) is 27.2. The lowest BCUT2D eigenvalue weighted by atomic mass is 10.1. The first-order valence-electron chi connectivity index (χ1n) is 11.2. The minimum absolute atomic E-state index is 0.0624. The molecule has 8 nitrogen and oxygen atoms in total. The highest BCUT2D eigenvalue weighted by atomic mass is 35.5. The number of likely N-dealkylation sites (tertiary alicyclic amines) is 1. The van der Waals surface area contributed by atoms with Crippen LogP contribution in [0.25, 0.3) is 16.8 Å². The number of nitrogens with zero attached hydrogens (tertiary/aromatic N) is 4. The third kappa shape index (κ3) is 5.17. The van der Waals surface area contributed by atoms with Crippen LogP contribution in [-0.2, 0) is 11.0 Å². The van der Waals surface area contributed by atoms with E-state index in [4.69, 9.17) is 17.3 Å². The van der Waals surface area contributed by atoms with Crippen molar-refractivity contribution < 1.29 is 31.5 Å². The lowest BCUT2D eigenvalue weighted by Crippen LogP contribution is -2.42. The molecule has 37 heavy (non-hydrogen) atoms. The normalized spacial score (nSPS) is 18.1. The van der Waals surface area contributed by atoms with Crippen LogP contribution in [0.1, 0.15) is 36.2 Å². The number of rotatable bonds is 5. The molecule has 3 heterocycles. The monoisotopic (exact) mass is 544 g/mol. The molecule has 2 amide bonds. The molecule has 198 valence electrons. The SMILES string of the molecule is CC(C)CC(=O)N1C[C@H](F)[C@H](NC(=O)c2cc(-c3cc(C(F)(F)F)c4c(N)ncnn34)cc(F)c2Cl)C1. The quantitative estimate of drug-likeness (QED) is 0.470. The maximum Gasteiger partial charge on any atom is 0.418 e. The van der Waals surface area contributed by atoms with Crippen molar-refractivity contribution >= 4 is 34.7 Å². The van der Waals surface area contributed by atoms with Crippen LogP contribution in [0.3, 0.4) is 0 Å². The van der Waals surface area contributed by atoms with Gasteiger partial charge in [0, 0.05) is 18.5 Å². The number of fused-ring (bicyclic) bond motifs is 1. The largest absolute Gasteiger partial charge is 0.418 e. The van der Waals surface area contributed by atoms with Crippen molar-refractivity contribution in [3.05, 3.63) is 46.5 Å². The van der Waals surface area contributed by atoms with E-state index in [1.165, 1.54) is 4.90 Å². The number of carbonyl (C=O) groups is 2. The molecule has 4 rings (SSSR count). The second-order valence-corrected chi connectivity index (χ2v) is 9.54. The molecule has 2 atom stereocenters. The van der Waals surface area contributed by atoms with E-state index < -0.39 is 57.6 Å². The number of nitrogen functional groups attached to an aromatic ring is 1. The van der Waals surface area contributed by atoms with Gasteiger partial charge < -0.3 is 16.0 Å². The van der Waals surface area contributed by atoms with E-state index in [-0.39, 0.29) is 42.6 Å². The Labute approximate surface area is 212 Å². The molecule has 0 saturated carbocycles. The molecule has 0 radical (unpaired) electrons. The molecule has 14 heteroatoms. The van der Waals surface area contributed by atoms with E-state index in [1.807, 2.05) is 13.8 Å². The number of halogens is 6. The molecule has 1 saturated heterocycles. The smallest absolute Gasteiger partial charge is 0.382 e. The average Bonchev–Trinajstić information content (AvgIpc) is 3.37. The van der Waals surface area contributed by atoms with Gasteiger partial charge in [-0.15, -0.1) is 0 Å². The van der Waals surface area contributed by atoms with Crippen LogP contribution in [0.2, 0.25) is 5.02 Å². The van der Waals surface area contributed by atoms with E-state index in [0.29, 0.717) is 6.07 Å². The number of alkyl halides is 4. The summed E-state index contributed by atoms with van der Waals surface area (Å²) in [6.07, 6.45) is -5.26. The number of hydrogen-bond donors (Lipinski definition) is 2. The number of anilines is 1. The number of amides is 2. The highest BCUT2D eigenvalue weighted by Crippen LogP contribution is 2.39. The molecular formula is C23H22ClF5N6O2. The van der Waals surface area contributed by atoms with E-state index in [0.717, 1.165) is 23.0 Å². The third-order valence-electron chi connectivity index (χ3n) is 5.96. The fraction of sp³-hybridized carbons (Fsp3) is 0.391. The summed E-state index contributed by atoms with van der Waals surface area (Å²) in [5, 5.41) is 5.61. The molecule has 3 N–H and O–H groups in total. The number of nitrogens with two attached hydrogens (primary N) is 1. The first-order chi connectivity index (χ1) is 17.3. The minimum Gasteiger partial charge on any atom is -0.382 e. The Morgan fingerprint density at radius 2 is 1.95 bits per heavy atom. The van der Waals surface area contributed by atoms with Crippen molar-refractivity contribution in [1.29, 1.82) is 0 Å². The van der Waals surface area contributed by atoms with E-state index in [9.17, 15) is 31.5 Å². The van der Waals surface area contributed by atoms with Gasteiger partial charge in [0.15, 0.2) is 5.82 Å². The maximum absolute atomic E-state index is 14.8. The molecule has 1 aliphatic rings. The van der Waals surface area contributed by atoms with Gasteiger partial charge in [0.2, 0.25) is 5.91 Å². The summed E-state index contributed by atoms with van der Waals surface area (Å²) < 4.78 is 71.2. The van der Waals surface area contributed by atoms with Crippen molar-refractivity contribution in [2.75, 3.05) is 18.8 Å². The van der Waals surface area contributed by atoms with Crippen LogP contribution in [-0.4, -0.2) is 56.6 Å². The molecule has 1 aromatic carbocycles. The lowest BCUT2D eigenvalue weighted by Gasteiger charge is -2.18. The molecular weight excluding hydrogens is 523 g/mol. The molecule has 0 bridgehead atoms. The van der Waals surface area contributed by atoms with Crippen LogP contribution in [0.5, 0.6) is 0 Å². The Bertz CT molecular complexity index is 1380. The van der Waals surface area contributed by atoms with E-state index in [1.54, 1.807) is 0 Å². The van der Waals surface area contributed by atoms with Gasteiger partial charge in [-0.2, -0.15) is 18.3 Å². The summed E-state index contributed by atoms with van der Waals surface area (Å²) in [7, 11) is 0. The van der Waals surface area contributed by atoms with Gasteiger partial charge in [0.1, 0.15) is 23.8 Å². The molecule has 1 fully saturated rings. The molecule has 3 aromatic rings. The van der Waals surface area contributed by atoms with Crippen molar-refractivity contribution in [2.24, 2.45) is 5.92 Å². The van der Waals surface area contributed by atoms with E-state index >= 15 is 0 Å². The highest BCUT2D eigenvalue weighted by Gasteiger charge is 2.38. The summed E-state index contributed by atoms with van der Waals surface area (Å²) in [5.41, 5.74) is 3.14. The van der Waals surface area contributed by atoms with Gasteiger partial charge >= 0.3 is 6.18 Å². The highest BCUT2D eigenvalue weighted by molar-refractivity contribution is 6.34. The zero-order valence-corrected chi connectivity index (χ0v) is 20.4. The number of aromatic nitrogens is 3. The first-order valence-corrected chi connectivity index (χ1v) is 11.6. The Morgan fingerprint density at radius 1 is 1.24 bits per heavy atom. The van der Waals surface area contributed by atoms with Crippen LogP contribution in [0.4, 0.5) is 27.8 Å². The molecule has 0 unspecified atom stereocenters. The van der Waals surface area contributed by atoms with Crippen LogP contribution in [0, 0.1) is 11.7 Å². The Balaban J connectivity index is 1.68. The van der Waals surface area contributed by atoms with Gasteiger partial charge in [0.25, 0.3) is 5.91 Å². The standard InChI is InChI=1S/C23H22ClF5N6O2/c1-10(2)3-18(36)34-7-15(26)16(8-34)33-22(37)12-4-11(5-14(25)19(12)24)17-6-13(23(27,28)29)20-21(30)31-9-32-35(17)20/h4-6,9-10,15-16H,3,7-8H2,1-2H3,(H,33,37)(H2,30,31,32)/t15-,16+/m0/s1. The van der Waals surface area contributed by atoms with Crippen molar-refractivity contribution in [2.45, 2.75) is 38.7 Å². The van der Waals surface area contributed by atoms with Crippen molar-refractivity contribution in [1.82, 2.24) is 24.8 Å². The number of benzene rings is 1. The number of hydrogen-bond acceptors (Lipinski definition) is 5. The Morgan fingerprint density at radius 3 is 2.59 bits per heavy atom. The second kappa shape index (κ2) is 9.77. The summed E-state index contributed by atoms with van der Waals surface area (Å²) in [6, 6.07) is 1.55. The predicted molar refractivity (Wildman–Crippen MR) is 125 cm³/mol. The number of nitrogens with one attached hydrogen (secondary N) is 1. The minimum atomic E-state index is -4.83. The topological polar surface area (TPSA) is 106 Å². The van der Waals surface area contributed by atoms with E-state index in [2.05, 4.69) is 15.4 Å². The van der Waals surface area contributed by atoms with Crippen molar-refractivity contribution in [3.8, 4) is 11.3 Å². The number of carbonyl (C=O) groups excluding carboxylic acids is 2. The Kier molecular flexibility index (Phi) is 7.01. The first kappa shape index (κ1) is 26.6. The van der Waals surface area contributed by atoms with Crippen molar-refractivity contribution in [3.63, 3.8) is 0 Å². The zero-order valence-electron chi connectivity index (χ0n) is 19.6. The molecule has 2 aromatic heterocycles. The summed E-state index contributed by atoms with van der Waals surface area (Å²) in [6.45, 7) is 3.38. The molecule has 0 spiro atoms. The van der Waals surface area contributed by atoms with Crippen LogP contribution < -0.4 is 11.1 Å². The fourth-order valence-electron chi connectivity index (χ4n) is 4.22. The molecule has 0 aliphatic carbocycles. The average molecular weight is 545 g/mol. The molecule has 1 aliphatic heterocycles. The summed E-state index contributed by atoms with van der Waals surface area (Å²) >= 11 is 6.00. The van der Waals surface area contributed by atoms with Gasteiger partial charge in [0.05, 0.1) is 34.4 Å². The third-order valence-corrected chi connectivity index (χ3v) is 6.34. The van der Waals surface area contributed by atoms with Crippen LogP contribution in [0.15, 0.2) is 24.5 Å². The fourth-order valence-corrected chi connectivity index (χ4v) is 4.42. The van der Waals surface area contributed by atoms with Gasteiger partial charge in [-0.25, -0.2) is 18.3 Å². The lowest BCUT2D eigenvalue weighted by molar-refractivity contribution is -0.136. The summed E-state index contributed by atoms with van der Waals surface area (Å²) in [4.78, 5) is 30.1. The predicted octanol–water partition coefficient (Wildman–Crippen LogP) is 4.11. The van der Waals surface area contributed by atoms with Gasteiger partial charge in [-0.1, -0.05) is 25.4 Å². The second-order valence-electron chi connectivity index (χ2n) is 9.16. The maximum atomic E-state index is 14.8. The van der Waals surface area contributed by atoms with Crippen LogP contribution >= 0.6 is 11.6 Å². The Hall–Kier alpha value is -3.48.